The Bertz CT molecular complexity index is 1110. The Morgan fingerprint density at radius 1 is 1.14 bits per heavy atom. The van der Waals surface area contributed by atoms with Crippen molar-refractivity contribution in [2.45, 2.75) is 6.61 Å². The molecule has 0 aliphatic carbocycles. The molecule has 7 nitrogen and oxygen atoms in total. The van der Waals surface area contributed by atoms with Crippen LogP contribution in [0.4, 0.5) is 11.4 Å². The molecule has 2 N–H and O–H groups in total. The predicted octanol–water partition coefficient (Wildman–Crippen LogP) is 5.31. The number of amides is 1. The van der Waals surface area contributed by atoms with Gasteiger partial charge < -0.3 is 14.8 Å². The van der Waals surface area contributed by atoms with E-state index < -0.39 is 10.8 Å². The van der Waals surface area contributed by atoms with Crippen molar-refractivity contribution in [1.29, 1.82) is 0 Å². The number of benzene rings is 2. The molecule has 0 saturated carbocycles. The summed E-state index contributed by atoms with van der Waals surface area (Å²) in [4.78, 5) is 22.5. The third-order valence-corrected chi connectivity index (χ3v) is 4.55. The van der Waals surface area contributed by atoms with Crippen molar-refractivity contribution in [1.82, 2.24) is 0 Å². The molecule has 0 atom stereocenters. The van der Waals surface area contributed by atoms with Gasteiger partial charge in [-0.05, 0) is 48.0 Å². The zero-order valence-electron chi connectivity index (χ0n) is 14.8. The largest absolute Gasteiger partial charge is 0.459 e. The summed E-state index contributed by atoms with van der Waals surface area (Å²) in [6.07, 6.45) is 2.68. The van der Waals surface area contributed by atoms with Crippen LogP contribution < -0.4 is 5.32 Å². The molecule has 1 aromatic heterocycles. The first-order chi connectivity index (χ1) is 13.9. The topological polar surface area (TPSA) is 106 Å². The SMILES string of the molecule is O=C(/C=C/c1ccc(Cl)c([N+](=O)[O-])c1)Nc1ccc(-c2ccc(CO)o2)c(Cl)c1. The fourth-order valence-corrected chi connectivity index (χ4v) is 2.99. The highest BCUT2D eigenvalue weighted by atomic mass is 35.5. The van der Waals surface area contributed by atoms with Crippen molar-refractivity contribution in [2.24, 2.45) is 0 Å². The van der Waals surface area contributed by atoms with E-state index >= 15 is 0 Å². The Kier molecular flexibility index (Phi) is 6.33. The maximum absolute atomic E-state index is 12.1. The number of rotatable bonds is 6. The van der Waals surface area contributed by atoms with Gasteiger partial charge in [-0.15, -0.1) is 0 Å². The standard InChI is InChI=1S/C20H14Cl2N2O5/c21-16-6-1-12(9-18(16)24(27)28)2-8-20(26)23-13-3-5-15(17(22)10-13)19-7-4-14(11-25)29-19/h1-10,25H,11H2,(H,23,26)/b8-2+. The lowest BCUT2D eigenvalue weighted by Gasteiger charge is -2.06. The molecule has 0 fully saturated rings. The lowest BCUT2D eigenvalue weighted by molar-refractivity contribution is -0.384. The predicted molar refractivity (Wildman–Crippen MR) is 111 cm³/mol. The van der Waals surface area contributed by atoms with E-state index in [-0.39, 0.29) is 17.3 Å². The van der Waals surface area contributed by atoms with E-state index in [0.717, 1.165) is 0 Å². The summed E-state index contributed by atoms with van der Waals surface area (Å²) >= 11 is 12.0. The van der Waals surface area contributed by atoms with Gasteiger partial charge in [0.05, 0.1) is 9.95 Å². The number of anilines is 1. The number of nitrogens with zero attached hydrogens (tertiary/aromatic N) is 1. The van der Waals surface area contributed by atoms with Gasteiger partial charge in [0.1, 0.15) is 23.2 Å². The van der Waals surface area contributed by atoms with Crippen molar-refractivity contribution < 1.29 is 19.2 Å². The summed E-state index contributed by atoms with van der Waals surface area (Å²) in [6.45, 7) is -0.213. The van der Waals surface area contributed by atoms with Crippen molar-refractivity contribution in [3.8, 4) is 11.3 Å². The molecule has 0 radical (unpaired) electrons. The molecule has 0 aliphatic heterocycles. The highest BCUT2D eigenvalue weighted by Gasteiger charge is 2.12. The molecule has 2 aromatic carbocycles. The molecular formula is C20H14Cl2N2O5. The lowest BCUT2D eigenvalue weighted by atomic mass is 10.1. The van der Waals surface area contributed by atoms with Crippen LogP contribution in [0.2, 0.25) is 10.0 Å². The average molecular weight is 433 g/mol. The minimum atomic E-state index is -0.591. The van der Waals surface area contributed by atoms with Gasteiger partial charge in [0.25, 0.3) is 5.69 Å². The van der Waals surface area contributed by atoms with E-state index in [2.05, 4.69) is 5.32 Å². The van der Waals surface area contributed by atoms with E-state index in [0.29, 0.717) is 33.4 Å². The maximum Gasteiger partial charge on any atom is 0.288 e. The van der Waals surface area contributed by atoms with Crippen LogP contribution >= 0.6 is 23.2 Å². The number of nitro groups is 1. The van der Waals surface area contributed by atoms with Gasteiger partial charge in [-0.1, -0.05) is 29.3 Å². The maximum atomic E-state index is 12.1. The van der Waals surface area contributed by atoms with Gasteiger partial charge >= 0.3 is 0 Å². The van der Waals surface area contributed by atoms with Crippen LogP contribution in [0.3, 0.4) is 0 Å². The fraction of sp³-hybridized carbons (Fsp3) is 0.0500. The number of furan rings is 1. The smallest absolute Gasteiger partial charge is 0.288 e. The van der Waals surface area contributed by atoms with Crippen molar-refractivity contribution in [3.05, 3.63) is 86.1 Å². The van der Waals surface area contributed by atoms with Crippen LogP contribution in [0, 0.1) is 10.1 Å². The average Bonchev–Trinajstić information content (AvgIpc) is 3.16. The number of carbonyl (C=O) groups excluding carboxylic acids is 1. The summed E-state index contributed by atoms with van der Waals surface area (Å²) in [5.74, 6) is 0.481. The molecule has 0 bridgehead atoms. The van der Waals surface area contributed by atoms with E-state index in [1.807, 2.05) is 0 Å². The minimum absolute atomic E-state index is 0.0222. The molecule has 0 spiro atoms. The number of nitrogens with one attached hydrogen (secondary N) is 1. The lowest BCUT2D eigenvalue weighted by Crippen LogP contribution is -2.07. The van der Waals surface area contributed by atoms with Crippen LogP contribution in [0.15, 0.2) is 59.0 Å². The summed E-state index contributed by atoms with van der Waals surface area (Å²) in [5.41, 5.74) is 1.30. The van der Waals surface area contributed by atoms with E-state index in [1.165, 1.54) is 24.3 Å². The molecule has 9 heteroatoms. The van der Waals surface area contributed by atoms with Crippen LogP contribution in [0.25, 0.3) is 17.4 Å². The van der Waals surface area contributed by atoms with Crippen molar-refractivity contribution >= 4 is 46.6 Å². The fourth-order valence-electron chi connectivity index (χ4n) is 2.53. The molecule has 0 aliphatic rings. The van der Waals surface area contributed by atoms with Crippen LogP contribution in [0.5, 0.6) is 0 Å². The Labute approximate surface area is 175 Å². The second kappa shape index (κ2) is 8.91. The quantitative estimate of drug-likeness (QED) is 0.312. The molecule has 0 saturated heterocycles. The molecule has 1 amide bonds. The molecule has 148 valence electrons. The molecular weight excluding hydrogens is 419 g/mol. The minimum Gasteiger partial charge on any atom is -0.459 e. The number of halogens is 2. The number of carbonyl (C=O) groups is 1. The summed E-state index contributed by atoms with van der Waals surface area (Å²) in [7, 11) is 0. The number of hydrogen-bond donors (Lipinski definition) is 2. The zero-order valence-corrected chi connectivity index (χ0v) is 16.3. The number of aliphatic hydroxyl groups excluding tert-OH is 1. The summed E-state index contributed by atoms with van der Waals surface area (Å²) in [6, 6.07) is 12.5. The van der Waals surface area contributed by atoms with E-state index in [9.17, 15) is 14.9 Å². The van der Waals surface area contributed by atoms with Gasteiger partial charge in [0, 0.05) is 23.4 Å². The van der Waals surface area contributed by atoms with Gasteiger partial charge in [-0.2, -0.15) is 0 Å². The second-order valence-corrected chi connectivity index (χ2v) is 6.72. The Hall–Kier alpha value is -3.13. The molecule has 0 unspecified atom stereocenters. The first-order valence-corrected chi connectivity index (χ1v) is 9.05. The molecule has 29 heavy (non-hydrogen) atoms. The zero-order chi connectivity index (χ0) is 21.0. The van der Waals surface area contributed by atoms with Gasteiger partial charge in [-0.3, -0.25) is 14.9 Å². The molecule has 1 heterocycles. The summed E-state index contributed by atoms with van der Waals surface area (Å²) in [5, 5.41) is 23.0. The first kappa shape index (κ1) is 20.6. The van der Waals surface area contributed by atoms with E-state index in [1.54, 1.807) is 36.4 Å². The van der Waals surface area contributed by atoms with Gasteiger partial charge in [0.2, 0.25) is 5.91 Å². The first-order valence-electron chi connectivity index (χ1n) is 8.30. The third kappa shape index (κ3) is 5.03. The van der Waals surface area contributed by atoms with Gasteiger partial charge in [-0.25, -0.2) is 0 Å². The van der Waals surface area contributed by atoms with Crippen LogP contribution in [-0.4, -0.2) is 15.9 Å². The Morgan fingerprint density at radius 2 is 1.93 bits per heavy atom. The number of aliphatic hydroxyl groups is 1. The van der Waals surface area contributed by atoms with Crippen molar-refractivity contribution in [2.75, 3.05) is 5.32 Å². The number of hydrogen-bond acceptors (Lipinski definition) is 5. The summed E-state index contributed by atoms with van der Waals surface area (Å²) < 4.78 is 5.45. The van der Waals surface area contributed by atoms with Crippen LogP contribution in [0.1, 0.15) is 11.3 Å². The number of nitro benzene ring substituents is 1. The third-order valence-electron chi connectivity index (χ3n) is 3.91. The van der Waals surface area contributed by atoms with Gasteiger partial charge in [0.15, 0.2) is 0 Å². The highest BCUT2D eigenvalue weighted by Crippen LogP contribution is 2.32. The normalized spacial score (nSPS) is 11.0. The Morgan fingerprint density at radius 3 is 2.59 bits per heavy atom. The highest BCUT2D eigenvalue weighted by molar-refractivity contribution is 6.33. The molecule has 3 aromatic rings. The Balaban J connectivity index is 1.71. The monoisotopic (exact) mass is 432 g/mol. The second-order valence-electron chi connectivity index (χ2n) is 5.91. The molecule has 3 rings (SSSR count). The van der Waals surface area contributed by atoms with Crippen LogP contribution in [-0.2, 0) is 11.4 Å². The van der Waals surface area contributed by atoms with E-state index in [4.69, 9.17) is 32.7 Å². The van der Waals surface area contributed by atoms with Crippen molar-refractivity contribution in [3.63, 3.8) is 0 Å².